The monoisotopic (exact) mass is 282 g/mol. The zero-order chi connectivity index (χ0) is 13.1. The summed E-state index contributed by atoms with van der Waals surface area (Å²) in [6.45, 7) is 2.03. The molecule has 1 heterocycles. The highest BCUT2D eigenvalue weighted by Gasteiger charge is 2.08. The lowest BCUT2D eigenvalue weighted by Gasteiger charge is -2.06. The quantitative estimate of drug-likeness (QED) is 0.933. The summed E-state index contributed by atoms with van der Waals surface area (Å²) < 4.78 is 0. The second kappa shape index (κ2) is 5.55. The summed E-state index contributed by atoms with van der Waals surface area (Å²) in [6, 6.07) is 6.57. The van der Waals surface area contributed by atoms with E-state index in [-0.39, 0.29) is 5.56 Å². The second-order valence-corrected chi connectivity index (χ2v) is 4.80. The summed E-state index contributed by atoms with van der Waals surface area (Å²) in [4.78, 5) is 18.7. The first-order chi connectivity index (χ1) is 8.60. The molecule has 1 N–H and O–H groups in total. The Morgan fingerprint density at radius 2 is 2.06 bits per heavy atom. The minimum atomic E-state index is -0.172. The maximum atomic E-state index is 11.6. The van der Waals surface area contributed by atoms with Crippen molar-refractivity contribution < 1.29 is 0 Å². The molecule has 0 fully saturated rings. The molecule has 18 heavy (non-hydrogen) atoms. The number of nitrogens with zero attached hydrogens (tertiary/aromatic N) is 1. The minimum absolute atomic E-state index is 0.172. The third kappa shape index (κ3) is 2.92. The Balaban J connectivity index is 2.53. The summed E-state index contributed by atoms with van der Waals surface area (Å²) in [6.07, 6.45) is 1.65. The van der Waals surface area contributed by atoms with Crippen molar-refractivity contribution in [2.45, 2.75) is 19.8 Å². The molecular weight excluding hydrogens is 271 g/mol. The first kappa shape index (κ1) is 13.1. The average Bonchev–Trinajstić information content (AvgIpc) is 2.28. The fourth-order valence-electron chi connectivity index (χ4n) is 1.70. The zero-order valence-electron chi connectivity index (χ0n) is 9.84. The Morgan fingerprint density at radius 3 is 2.72 bits per heavy atom. The van der Waals surface area contributed by atoms with Gasteiger partial charge in [0.15, 0.2) is 0 Å². The molecule has 94 valence electrons. The molecule has 0 atom stereocenters. The number of aromatic amines is 1. The van der Waals surface area contributed by atoms with Crippen LogP contribution in [-0.4, -0.2) is 9.97 Å². The van der Waals surface area contributed by atoms with Gasteiger partial charge in [0.2, 0.25) is 0 Å². The van der Waals surface area contributed by atoms with E-state index in [0.29, 0.717) is 27.1 Å². The molecule has 1 aromatic heterocycles. The van der Waals surface area contributed by atoms with E-state index in [0.717, 1.165) is 12.8 Å². The van der Waals surface area contributed by atoms with Gasteiger partial charge in [0.05, 0.1) is 10.7 Å². The van der Waals surface area contributed by atoms with Crippen molar-refractivity contribution in [1.29, 1.82) is 0 Å². The van der Waals surface area contributed by atoms with E-state index in [9.17, 15) is 4.79 Å². The van der Waals surface area contributed by atoms with E-state index in [1.165, 1.54) is 6.07 Å². The number of hydrogen-bond donors (Lipinski definition) is 1. The molecule has 0 radical (unpaired) electrons. The summed E-state index contributed by atoms with van der Waals surface area (Å²) >= 11 is 12.0. The van der Waals surface area contributed by atoms with Gasteiger partial charge < -0.3 is 4.98 Å². The van der Waals surface area contributed by atoms with E-state index in [1.807, 2.05) is 6.92 Å². The first-order valence-electron chi connectivity index (χ1n) is 5.66. The minimum Gasteiger partial charge on any atom is -0.311 e. The number of H-pyrrole nitrogens is 1. The number of aromatic nitrogens is 2. The number of hydrogen-bond acceptors (Lipinski definition) is 2. The van der Waals surface area contributed by atoms with Crippen LogP contribution in [0.4, 0.5) is 0 Å². The van der Waals surface area contributed by atoms with Crippen LogP contribution in [0.5, 0.6) is 0 Å². The predicted molar refractivity (Wildman–Crippen MR) is 74.3 cm³/mol. The first-order valence-corrected chi connectivity index (χ1v) is 6.41. The van der Waals surface area contributed by atoms with E-state index in [2.05, 4.69) is 9.97 Å². The Labute approximate surface area is 115 Å². The molecule has 2 aromatic rings. The highest BCUT2D eigenvalue weighted by Crippen LogP contribution is 2.28. The van der Waals surface area contributed by atoms with Gasteiger partial charge in [-0.25, -0.2) is 4.98 Å². The molecule has 0 aliphatic rings. The van der Waals surface area contributed by atoms with E-state index >= 15 is 0 Å². The highest BCUT2D eigenvalue weighted by molar-refractivity contribution is 6.36. The van der Waals surface area contributed by atoms with Crippen molar-refractivity contribution in [3.8, 4) is 11.3 Å². The van der Waals surface area contributed by atoms with Gasteiger partial charge in [0.25, 0.3) is 5.56 Å². The van der Waals surface area contributed by atoms with Crippen LogP contribution in [0.3, 0.4) is 0 Å². The normalized spacial score (nSPS) is 10.6. The molecule has 2 rings (SSSR count). The molecule has 0 aliphatic heterocycles. The van der Waals surface area contributed by atoms with E-state index < -0.39 is 0 Å². The van der Waals surface area contributed by atoms with E-state index in [1.54, 1.807) is 18.2 Å². The molecule has 0 aliphatic carbocycles. The van der Waals surface area contributed by atoms with Crippen LogP contribution in [0.2, 0.25) is 10.0 Å². The van der Waals surface area contributed by atoms with Gasteiger partial charge in [-0.2, -0.15) is 0 Å². The van der Waals surface area contributed by atoms with E-state index in [4.69, 9.17) is 23.2 Å². The molecular formula is C13H12Cl2N2O. The van der Waals surface area contributed by atoms with Gasteiger partial charge in [-0.15, -0.1) is 0 Å². The van der Waals surface area contributed by atoms with Gasteiger partial charge in [-0.3, -0.25) is 4.79 Å². The van der Waals surface area contributed by atoms with Crippen molar-refractivity contribution in [3.63, 3.8) is 0 Å². The smallest absolute Gasteiger partial charge is 0.251 e. The third-order valence-electron chi connectivity index (χ3n) is 2.48. The Morgan fingerprint density at radius 1 is 1.28 bits per heavy atom. The molecule has 0 bridgehead atoms. The van der Waals surface area contributed by atoms with Crippen molar-refractivity contribution in [2.75, 3.05) is 0 Å². The van der Waals surface area contributed by atoms with Crippen molar-refractivity contribution in [2.24, 2.45) is 0 Å². The summed E-state index contributed by atoms with van der Waals surface area (Å²) in [5, 5.41) is 1.05. The van der Waals surface area contributed by atoms with Crippen LogP contribution >= 0.6 is 23.2 Å². The molecule has 0 saturated carbocycles. The fourth-order valence-corrected chi connectivity index (χ4v) is 2.20. The van der Waals surface area contributed by atoms with Gasteiger partial charge in [-0.05, 0) is 24.6 Å². The standard InChI is InChI=1S/C13H12Cl2N2O/c1-2-3-12-16-11(7-13(18)17-12)9-5-4-8(14)6-10(9)15/h4-7H,2-3H2,1H3,(H,16,17,18). The molecule has 1 aromatic carbocycles. The summed E-state index contributed by atoms with van der Waals surface area (Å²) in [7, 11) is 0. The van der Waals surface area contributed by atoms with Crippen molar-refractivity contribution in [1.82, 2.24) is 9.97 Å². The SMILES string of the molecule is CCCc1nc(-c2ccc(Cl)cc2Cl)cc(=O)[nH]1. The maximum absolute atomic E-state index is 11.6. The lowest BCUT2D eigenvalue weighted by atomic mass is 10.1. The average molecular weight is 283 g/mol. The largest absolute Gasteiger partial charge is 0.311 e. The number of aryl methyl sites for hydroxylation is 1. The summed E-state index contributed by atoms with van der Waals surface area (Å²) in [5.74, 6) is 0.672. The van der Waals surface area contributed by atoms with Crippen LogP contribution in [0, 0.1) is 0 Å². The van der Waals surface area contributed by atoms with Crippen LogP contribution in [0.25, 0.3) is 11.3 Å². The molecule has 5 heteroatoms. The van der Waals surface area contributed by atoms with Crippen LogP contribution in [-0.2, 0) is 6.42 Å². The zero-order valence-corrected chi connectivity index (χ0v) is 11.3. The van der Waals surface area contributed by atoms with Crippen LogP contribution in [0.1, 0.15) is 19.2 Å². The summed E-state index contributed by atoms with van der Waals surface area (Å²) in [5.41, 5.74) is 1.11. The lowest BCUT2D eigenvalue weighted by molar-refractivity contribution is 0.828. The number of halogens is 2. The predicted octanol–water partition coefficient (Wildman–Crippen LogP) is 3.70. The van der Waals surface area contributed by atoms with Crippen LogP contribution in [0.15, 0.2) is 29.1 Å². The van der Waals surface area contributed by atoms with Crippen molar-refractivity contribution >= 4 is 23.2 Å². The fraction of sp³-hybridized carbons (Fsp3) is 0.231. The Kier molecular flexibility index (Phi) is 4.04. The molecule has 0 unspecified atom stereocenters. The molecule has 3 nitrogen and oxygen atoms in total. The Hall–Kier alpha value is -1.32. The maximum Gasteiger partial charge on any atom is 0.251 e. The number of rotatable bonds is 3. The topological polar surface area (TPSA) is 45.8 Å². The number of nitrogens with one attached hydrogen (secondary N) is 1. The molecule has 0 saturated heterocycles. The van der Waals surface area contributed by atoms with Gasteiger partial charge in [-0.1, -0.05) is 30.1 Å². The van der Waals surface area contributed by atoms with Gasteiger partial charge in [0.1, 0.15) is 5.82 Å². The second-order valence-electron chi connectivity index (χ2n) is 3.95. The third-order valence-corrected chi connectivity index (χ3v) is 3.03. The Bertz CT molecular complexity index is 623. The molecule has 0 amide bonds. The highest BCUT2D eigenvalue weighted by atomic mass is 35.5. The van der Waals surface area contributed by atoms with Gasteiger partial charge >= 0.3 is 0 Å². The van der Waals surface area contributed by atoms with Crippen molar-refractivity contribution in [3.05, 3.63) is 50.5 Å². The number of benzene rings is 1. The van der Waals surface area contributed by atoms with Gasteiger partial charge in [0, 0.05) is 23.1 Å². The molecule has 0 spiro atoms. The van der Waals surface area contributed by atoms with Crippen LogP contribution < -0.4 is 5.56 Å². The lowest BCUT2D eigenvalue weighted by Crippen LogP contribution is -2.11.